The minimum absolute atomic E-state index is 0.301. The molecule has 114 valence electrons. The van der Waals surface area contributed by atoms with Gasteiger partial charge in [0.15, 0.2) is 0 Å². The zero-order valence-corrected chi connectivity index (χ0v) is 13.2. The van der Waals surface area contributed by atoms with Crippen LogP contribution in [0.4, 0.5) is 5.00 Å². The maximum Gasteiger partial charge on any atom is 0.343 e. The largest absolute Gasteiger partial charge is 0.462 e. The molecule has 0 aliphatic carbocycles. The van der Waals surface area contributed by atoms with Gasteiger partial charge in [-0.05, 0) is 38.2 Å². The Labute approximate surface area is 128 Å². The average Bonchev–Trinajstić information content (AvgIpc) is 3.09. The monoisotopic (exact) mass is 308 g/mol. The fourth-order valence-electron chi connectivity index (χ4n) is 1.97. The highest BCUT2D eigenvalue weighted by Gasteiger charge is 2.19. The molecular weight excluding hydrogens is 288 g/mol. The van der Waals surface area contributed by atoms with Gasteiger partial charge in [0.1, 0.15) is 10.6 Å². The number of aromatic nitrogens is 3. The van der Waals surface area contributed by atoms with Crippen LogP contribution in [0, 0.1) is 6.92 Å². The molecule has 0 unspecified atom stereocenters. The lowest BCUT2D eigenvalue weighted by Gasteiger charge is -2.07. The number of carbonyl (C=O) groups excluding carboxylic acids is 1. The van der Waals surface area contributed by atoms with E-state index in [-0.39, 0.29) is 5.97 Å². The molecule has 2 heterocycles. The molecule has 0 aliphatic rings. The number of nitrogens with zero attached hydrogens (tertiary/aromatic N) is 3. The van der Waals surface area contributed by atoms with Crippen molar-refractivity contribution in [2.24, 2.45) is 0 Å². The SMILES string of the molecule is CCOC(=O)c1c(C)nsc1NCCCCn1ccnc1. The summed E-state index contributed by atoms with van der Waals surface area (Å²) < 4.78 is 11.3. The van der Waals surface area contributed by atoms with E-state index in [4.69, 9.17) is 4.74 Å². The van der Waals surface area contributed by atoms with Crippen molar-refractivity contribution in [2.45, 2.75) is 33.2 Å². The molecule has 2 rings (SSSR count). The molecular formula is C14H20N4O2S. The van der Waals surface area contributed by atoms with Crippen molar-refractivity contribution < 1.29 is 9.53 Å². The van der Waals surface area contributed by atoms with Crippen LogP contribution in [0.3, 0.4) is 0 Å². The van der Waals surface area contributed by atoms with Crippen molar-refractivity contribution in [3.8, 4) is 0 Å². The quantitative estimate of drug-likeness (QED) is 0.600. The Morgan fingerprint density at radius 2 is 2.33 bits per heavy atom. The molecule has 1 N–H and O–H groups in total. The van der Waals surface area contributed by atoms with Crippen LogP contribution in [0.25, 0.3) is 0 Å². The third-order valence-electron chi connectivity index (χ3n) is 3.03. The van der Waals surface area contributed by atoms with E-state index in [0.717, 1.165) is 36.6 Å². The molecule has 7 heteroatoms. The van der Waals surface area contributed by atoms with Crippen LogP contribution in [0.2, 0.25) is 0 Å². The minimum atomic E-state index is -0.301. The summed E-state index contributed by atoms with van der Waals surface area (Å²) >= 11 is 1.31. The maximum atomic E-state index is 11.9. The summed E-state index contributed by atoms with van der Waals surface area (Å²) in [7, 11) is 0. The summed E-state index contributed by atoms with van der Waals surface area (Å²) in [5.41, 5.74) is 1.29. The van der Waals surface area contributed by atoms with E-state index in [1.54, 1.807) is 13.1 Å². The molecule has 0 aromatic carbocycles. The zero-order chi connectivity index (χ0) is 15.1. The van der Waals surface area contributed by atoms with E-state index in [0.29, 0.717) is 12.2 Å². The number of anilines is 1. The highest BCUT2D eigenvalue weighted by Crippen LogP contribution is 2.25. The van der Waals surface area contributed by atoms with Crippen molar-refractivity contribution in [2.75, 3.05) is 18.5 Å². The third-order valence-corrected chi connectivity index (χ3v) is 3.93. The summed E-state index contributed by atoms with van der Waals surface area (Å²) in [5, 5.41) is 4.08. The Kier molecular flexibility index (Phi) is 5.74. The fourth-order valence-corrected chi connectivity index (χ4v) is 2.78. The van der Waals surface area contributed by atoms with Crippen LogP contribution in [0.5, 0.6) is 0 Å². The standard InChI is InChI=1S/C14H20N4O2S/c1-3-20-14(19)12-11(2)17-21-13(12)16-6-4-5-8-18-9-7-15-10-18/h7,9-10,16H,3-6,8H2,1-2H3. The number of imidazole rings is 1. The Balaban J connectivity index is 1.79. The van der Waals surface area contributed by atoms with Crippen molar-refractivity contribution in [1.29, 1.82) is 0 Å². The first kappa shape index (κ1) is 15.5. The van der Waals surface area contributed by atoms with Gasteiger partial charge in [-0.3, -0.25) is 0 Å². The number of aryl methyl sites for hydroxylation is 2. The van der Waals surface area contributed by atoms with Crippen LogP contribution in [-0.2, 0) is 11.3 Å². The smallest absolute Gasteiger partial charge is 0.343 e. The van der Waals surface area contributed by atoms with E-state index >= 15 is 0 Å². The highest BCUT2D eigenvalue weighted by molar-refractivity contribution is 7.10. The molecule has 0 saturated heterocycles. The maximum absolute atomic E-state index is 11.9. The second-order valence-electron chi connectivity index (χ2n) is 4.63. The highest BCUT2D eigenvalue weighted by atomic mass is 32.1. The predicted molar refractivity (Wildman–Crippen MR) is 82.8 cm³/mol. The molecule has 0 amide bonds. The van der Waals surface area contributed by atoms with Gasteiger partial charge in [-0.25, -0.2) is 9.78 Å². The van der Waals surface area contributed by atoms with E-state index < -0.39 is 0 Å². The van der Waals surface area contributed by atoms with Gasteiger partial charge in [0.2, 0.25) is 0 Å². The molecule has 0 fully saturated rings. The Hall–Kier alpha value is -1.89. The number of carbonyl (C=O) groups is 1. The van der Waals surface area contributed by atoms with E-state index in [1.807, 2.05) is 19.4 Å². The summed E-state index contributed by atoms with van der Waals surface area (Å²) in [5.74, 6) is -0.301. The molecule has 0 aliphatic heterocycles. The molecule has 0 bridgehead atoms. The van der Waals surface area contributed by atoms with Crippen LogP contribution < -0.4 is 5.32 Å². The Morgan fingerprint density at radius 1 is 1.48 bits per heavy atom. The van der Waals surface area contributed by atoms with Crippen molar-refractivity contribution in [3.63, 3.8) is 0 Å². The normalized spacial score (nSPS) is 10.6. The summed E-state index contributed by atoms with van der Waals surface area (Å²) in [6.07, 6.45) is 7.62. The molecule has 6 nitrogen and oxygen atoms in total. The van der Waals surface area contributed by atoms with Gasteiger partial charge in [-0.2, -0.15) is 4.37 Å². The summed E-state index contributed by atoms with van der Waals surface area (Å²) in [4.78, 5) is 15.9. The second-order valence-corrected chi connectivity index (χ2v) is 5.40. The fraction of sp³-hybridized carbons (Fsp3) is 0.500. The van der Waals surface area contributed by atoms with Gasteiger partial charge in [-0.15, -0.1) is 0 Å². The Morgan fingerprint density at radius 3 is 3.05 bits per heavy atom. The number of ether oxygens (including phenoxy) is 1. The second kappa shape index (κ2) is 7.78. The van der Waals surface area contributed by atoms with Crippen LogP contribution >= 0.6 is 11.5 Å². The van der Waals surface area contributed by atoms with Crippen LogP contribution in [-0.4, -0.2) is 33.0 Å². The summed E-state index contributed by atoms with van der Waals surface area (Å²) in [6, 6.07) is 0. The number of esters is 1. The molecule has 2 aromatic rings. The van der Waals surface area contributed by atoms with E-state index in [9.17, 15) is 4.79 Å². The van der Waals surface area contributed by atoms with Crippen LogP contribution in [0.15, 0.2) is 18.7 Å². The van der Waals surface area contributed by atoms with E-state index in [1.165, 1.54) is 11.5 Å². The topological polar surface area (TPSA) is 69.0 Å². The van der Waals surface area contributed by atoms with Crippen molar-refractivity contribution in [3.05, 3.63) is 30.0 Å². The van der Waals surface area contributed by atoms with Gasteiger partial charge in [0.05, 0.1) is 18.6 Å². The van der Waals surface area contributed by atoms with Crippen molar-refractivity contribution in [1.82, 2.24) is 13.9 Å². The zero-order valence-electron chi connectivity index (χ0n) is 12.3. The van der Waals surface area contributed by atoms with E-state index in [2.05, 4.69) is 19.2 Å². The molecule has 0 atom stereocenters. The van der Waals surface area contributed by atoms with Gasteiger partial charge < -0.3 is 14.6 Å². The van der Waals surface area contributed by atoms with Crippen LogP contribution in [0.1, 0.15) is 35.8 Å². The lowest BCUT2D eigenvalue weighted by Crippen LogP contribution is -2.10. The number of rotatable bonds is 8. The molecule has 21 heavy (non-hydrogen) atoms. The van der Waals surface area contributed by atoms with Gasteiger partial charge in [-0.1, -0.05) is 0 Å². The summed E-state index contributed by atoms with van der Waals surface area (Å²) in [6.45, 7) is 5.76. The molecule has 0 saturated carbocycles. The first-order valence-electron chi connectivity index (χ1n) is 7.05. The minimum Gasteiger partial charge on any atom is -0.462 e. The lowest BCUT2D eigenvalue weighted by molar-refractivity contribution is 0.0527. The number of hydrogen-bond acceptors (Lipinski definition) is 6. The lowest BCUT2D eigenvalue weighted by atomic mass is 10.2. The number of unbranched alkanes of at least 4 members (excludes halogenated alkanes) is 1. The van der Waals surface area contributed by atoms with Gasteiger partial charge in [0.25, 0.3) is 0 Å². The third kappa shape index (κ3) is 4.29. The Bertz CT molecular complexity index is 566. The predicted octanol–water partition coefficient (Wildman–Crippen LogP) is 2.72. The molecule has 0 spiro atoms. The first-order chi connectivity index (χ1) is 10.2. The number of hydrogen-bond donors (Lipinski definition) is 1. The van der Waals surface area contributed by atoms with Gasteiger partial charge in [0, 0.05) is 25.5 Å². The van der Waals surface area contributed by atoms with Crippen molar-refractivity contribution >= 4 is 22.5 Å². The first-order valence-corrected chi connectivity index (χ1v) is 7.82. The van der Waals surface area contributed by atoms with Gasteiger partial charge >= 0.3 is 5.97 Å². The number of nitrogens with one attached hydrogen (secondary N) is 1. The molecule has 2 aromatic heterocycles. The molecule has 0 radical (unpaired) electrons. The average molecular weight is 308 g/mol.